The number of Topliss-reactive ketones (excluding diaryl/α,β-unsaturated/α-hetero) is 1. The highest BCUT2D eigenvalue weighted by Gasteiger charge is 2.17. The van der Waals surface area contributed by atoms with Crippen molar-refractivity contribution in [2.75, 3.05) is 0 Å². The second-order valence-corrected chi connectivity index (χ2v) is 6.03. The molecule has 2 aromatic heterocycles. The lowest BCUT2D eigenvalue weighted by atomic mass is 10.1. The van der Waals surface area contributed by atoms with Gasteiger partial charge in [0, 0.05) is 41.2 Å². The molecule has 8 heteroatoms. The third kappa shape index (κ3) is 3.26. The Labute approximate surface area is 150 Å². The summed E-state index contributed by atoms with van der Waals surface area (Å²) in [6, 6.07) is 7.99. The molecule has 1 aromatic carbocycles. The van der Waals surface area contributed by atoms with Crippen LogP contribution in [0.1, 0.15) is 28.7 Å². The number of benzene rings is 1. The highest BCUT2D eigenvalue weighted by atomic mass is 16.6. The molecule has 0 unspecified atom stereocenters. The van der Waals surface area contributed by atoms with Gasteiger partial charge in [-0.25, -0.2) is 9.67 Å². The topological polar surface area (TPSA) is 95.8 Å². The van der Waals surface area contributed by atoms with Gasteiger partial charge in [-0.1, -0.05) is 12.1 Å². The summed E-state index contributed by atoms with van der Waals surface area (Å²) in [5.41, 5.74) is 3.17. The van der Waals surface area contributed by atoms with Crippen molar-refractivity contribution in [3.63, 3.8) is 0 Å². The minimum absolute atomic E-state index is 0.0260. The summed E-state index contributed by atoms with van der Waals surface area (Å²) in [5.74, 6) is 0.300. The monoisotopic (exact) mass is 353 g/mol. The van der Waals surface area contributed by atoms with Crippen LogP contribution in [0.4, 0.5) is 5.69 Å². The maximum Gasteiger partial charge on any atom is 0.270 e. The van der Waals surface area contributed by atoms with Crippen LogP contribution in [-0.2, 0) is 13.1 Å². The number of hydrogen-bond donors (Lipinski definition) is 0. The number of hydrogen-bond acceptors (Lipinski definition) is 5. The minimum Gasteiger partial charge on any atom is -0.349 e. The number of carbonyl (C=O) groups is 1. The molecule has 0 spiro atoms. The maximum absolute atomic E-state index is 12.6. The van der Waals surface area contributed by atoms with Gasteiger partial charge in [-0.05, 0) is 26.8 Å². The molecule has 0 N–H and O–H groups in total. The van der Waals surface area contributed by atoms with E-state index in [2.05, 4.69) is 14.6 Å². The van der Waals surface area contributed by atoms with Crippen molar-refractivity contribution in [2.24, 2.45) is 0 Å². The lowest BCUT2D eigenvalue weighted by Crippen LogP contribution is -2.12. The van der Waals surface area contributed by atoms with E-state index < -0.39 is 4.92 Å². The van der Waals surface area contributed by atoms with Crippen molar-refractivity contribution in [3.05, 3.63) is 63.7 Å². The molecule has 0 aliphatic rings. The second-order valence-electron chi connectivity index (χ2n) is 6.03. The Kier molecular flexibility index (Phi) is 4.66. The van der Waals surface area contributed by atoms with Gasteiger partial charge in [0.05, 0.1) is 4.92 Å². The average Bonchev–Trinajstić information content (AvgIpc) is 3.19. The number of carbonyl (C=O) groups excluding carboxylic acids is 1. The first-order valence-corrected chi connectivity index (χ1v) is 8.25. The minimum atomic E-state index is -0.465. The summed E-state index contributed by atoms with van der Waals surface area (Å²) < 4.78 is 3.54. The lowest BCUT2D eigenvalue weighted by molar-refractivity contribution is -0.384. The first kappa shape index (κ1) is 17.5. The molecule has 0 saturated heterocycles. The Morgan fingerprint density at radius 1 is 1.27 bits per heavy atom. The molecule has 0 amide bonds. The Hall–Kier alpha value is -3.29. The standard InChI is InChI=1S/C18H19N5O3/c1-4-22-12(2)8-16(13(22)3)17(24)10-21-11-19-18(20-21)14-6-5-7-15(9-14)23(25)26/h5-9,11H,4,10H2,1-3H3. The number of nitrogens with zero attached hydrogens (tertiary/aromatic N) is 5. The van der Waals surface area contributed by atoms with Crippen LogP contribution >= 0.6 is 0 Å². The molecule has 0 atom stereocenters. The van der Waals surface area contributed by atoms with Crippen LogP contribution < -0.4 is 0 Å². The molecule has 0 fully saturated rings. The fraction of sp³-hybridized carbons (Fsp3) is 0.278. The summed E-state index contributed by atoms with van der Waals surface area (Å²) in [6.07, 6.45) is 1.46. The van der Waals surface area contributed by atoms with Gasteiger partial charge in [0.2, 0.25) is 0 Å². The van der Waals surface area contributed by atoms with Crippen molar-refractivity contribution in [3.8, 4) is 11.4 Å². The predicted octanol–water partition coefficient (Wildman–Crippen LogP) is 3.17. The SMILES string of the molecule is CCn1c(C)cc(C(=O)Cn2cnc(-c3cccc([N+](=O)[O-])c3)n2)c1C. The number of nitro groups is 1. The van der Waals surface area contributed by atoms with Crippen LogP contribution in [-0.4, -0.2) is 30.0 Å². The molecule has 2 heterocycles. The van der Waals surface area contributed by atoms with Gasteiger partial charge in [0.25, 0.3) is 5.69 Å². The summed E-state index contributed by atoms with van der Waals surface area (Å²) in [7, 11) is 0. The number of rotatable bonds is 6. The fourth-order valence-electron chi connectivity index (χ4n) is 3.06. The first-order valence-electron chi connectivity index (χ1n) is 8.25. The molecular formula is C18H19N5O3. The Morgan fingerprint density at radius 2 is 2.04 bits per heavy atom. The Bertz CT molecular complexity index is 987. The van der Waals surface area contributed by atoms with Crippen LogP contribution in [0.2, 0.25) is 0 Å². The van der Waals surface area contributed by atoms with E-state index in [1.165, 1.54) is 23.1 Å². The van der Waals surface area contributed by atoms with Crippen molar-refractivity contribution in [1.82, 2.24) is 19.3 Å². The number of aryl methyl sites for hydroxylation is 1. The van der Waals surface area contributed by atoms with Gasteiger partial charge in [0.1, 0.15) is 12.9 Å². The van der Waals surface area contributed by atoms with Gasteiger partial charge in [-0.15, -0.1) is 0 Å². The quantitative estimate of drug-likeness (QED) is 0.385. The van der Waals surface area contributed by atoms with E-state index in [0.717, 1.165) is 17.9 Å². The fourth-order valence-corrected chi connectivity index (χ4v) is 3.06. The summed E-state index contributed by atoms with van der Waals surface area (Å²) in [4.78, 5) is 27.2. The number of non-ortho nitro benzene ring substituents is 1. The van der Waals surface area contributed by atoms with Crippen molar-refractivity contribution >= 4 is 11.5 Å². The van der Waals surface area contributed by atoms with Crippen LogP contribution in [0, 0.1) is 24.0 Å². The second kappa shape index (κ2) is 6.91. The molecule has 8 nitrogen and oxygen atoms in total. The molecule has 0 aliphatic carbocycles. The third-order valence-electron chi connectivity index (χ3n) is 4.35. The van der Waals surface area contributed by atoms with E-state index in [1.54, 1.807) is 12.1 Å². The Morgan fingerprint density at radius 3 is 2.69 bits per heavy atom. The normalized spacial score (nSPS) is 10.9. The summed E-state index contributed by atoms with van der Waals surface area (Å²) in [6.45, 7) is 6.82. The van der Waals surface area contributed by atoms with Crippen molar-refractivity contribution < 1.29 is 9.72 Å². The molecule has 3 rings (SSSR count). The zero-order valence-electron chi connectivity index (χ0n) is 14.8. The highest BCUT2D eigenvalue weighted by Crippen LogP contribution is 2.21. The van der Waals surface area contributed by atoms with E-state index in [0.29, 0.717) is 17.0 Å². The number of nitro benzene ring substituents is 1. The predicted molar refractivity (Wildman–Crippen MR) is 96.0 cm³/mol. The van der Waals surface area contributed by atoms with Crippen LogP contribution in [0.5, 0.6) is 0 Å². The number of ketones is 1. The summed E-state index contributed by atoms with van der Waals surface area (Å²) in [5, 5.41) is 15.2. The van der Waals surface area contributed by atoms with Crippen LogP contribution in [0.25, 0.3) is 11.4 Å². The smallest absolute Gasteiger partial charge is 0.270 e. The lowest BCUT2D eigenvalue weighted by Gasteiger charge is -2.05. The van der Waals surface area contributed by atoms with Crippen LogP contribution in [0.15, 0.2) is 36.7 Å². The molecule has 0 aliphatic heterocycles. The van der Waals surface area contributed by atoms with Gasteiger partial charge in [-0.2, -0.15) is 5.10 Å². The number of aromatic nitrogens is 4. The van der Waals surface area contributed by atoms with Gasteiger partial charge in [0.15, 0.2) is 11.6 Å². The zero-order chi connectivity index (χ0) is 18.8. The molecule has 134 valence electrons. The molecule has 0 radical (unpaired) electrons. The van der Waals surface area contributed by atoms with E-state index in [9.17, 15) is 14.9 Å². The van der Waals surface area contributed by atoms with E-state index >= 15 is 0 Å². The van der Waals surface area contributed by atoms with E-state index in [1.807, 2.05) is 26.8 Å². The first-order chi connectivity index (χ1) is 12.4. The maximum atomic E-state index is 12.6. The van der Waals surface area contributed by atoms with Gasteiger partial charge in [-0.3, -0.25) is 14.9 Å². The van der Waals surface area contributed by atoms with Crippen molar-refractivity contribution in [1.29, 1.82) is 0 Å². The largest absolute Gasteiger partial charge is 0.349 e. The molecule has 3 aromatic rings. The molecule has 0 saturated carbocycles. The highest BCUT2D eigenvalue weighted by molar-refractivity contribution is 5.97. The third-order valence-corrected chi connectivity index (χ3v) is 4.35. The van der Waals surface area contributed by atoms with E-state index in [4.69, 9.17) is 0 Å². The molecular weight excluding hydrogens is 334 g/mol. The molecule has 0 bridgehead atoms. The zero-order valence-corrected chi connectivity index (χ0v) is 14.8. The average molecular weight is 353 g/mol. The van der Waals surface area contributed by atoms with Gasteiger partial charge < -0.3 is 4.57 Å². The van der Waals surface area contributed by atoms with Crippen LogP contribution in [0.3, 0.4) is 0 Å². The van der Waals surface area contributed by atoms with E-state index in [-0.39, 0.29) is 18.0 Å². The summed E-state index contributed by atoms with van der Waals surface area (Å²) >= 11 is 0. The van der Waals surface area contributed by atoms with Crippen molar-refractivity contribution in [2.45, 2.75) is 33.9 Å². The molecule has 26 heavy (non-hydrogen) atoms. The Balaban J connectivity index is 1.82. The van der Waals surface area contributed by atoms with Gasteiger partial charge >= 0.3 is 0 Å².